The van der Waals surface area contributed by atoms with Gasteiger partial charge in [0.1, 0.15) is 0 Å². The van der Waals surface area contributed by atoms with Crippen molar-refractivity contribution in [1.82, 2.24) is 0 Å². The van der Waals surface area contributed by atoms with E-state index in [1.165, 1.54) is 38.5 Å². The van der Waals surface area contributed by atoms with Crippen LogP contribution in [0.1, 0.15) is 87.5 Å². The largest absolute Gasteiger partial charge is 0.0776 e. The molecule has 0 N–H and O–H groups in total. The van der Waals surface area contributed by atoms with Gasteiger partial charge in [-0.05, 0) is 23.7 Å². The first-order valence-electron chi connectivity index (χ1n) is 7.41. The molecule has 1 aliphatic rings. The van der Waals surface area contributed by atoms with E-state index in [9.17, 15) is 0 Å². The molecule has 0 spiro atoms. The lowest BCUT2D eigenvalue weighted by Gasteiger charge is -2.22. The Hall–Kier alpha value is 0. The summed E-state index contributed by atoms with van der Waals surface area (Å²) in [5, 5.41) is 0. The average Bonchev–Trinajstić information content (AvgIpc) is 2.20. The quantitative estimate of drug-likeness (QED) is 0.526. The summed E-state index contributed by atoms with van der Waals surface area (Å²) in [4.78, 5) is 0. The van der Waals surface area contributed by atoms with E-state index in [0.717, 1.165) is 23.7 Å². The molecule has 1 aliphatic carbocycles. The van der Waals surface area contributed by atoms with E-state index in [-0.39, 0.29) is 7.43 Å². The molecule has 0 radical (unpaired) electrons. The molecule has 17 heavy (non-hydrogen) atoms. The van der Waals surface area contributed by atoms with Gasteiger partial charge in [0.15, 0.2) is 0 Å². The maximum atomic E-state index is 2.37. The predicted molar refractivity (Wildman–Crippen MR) is 82.4 cm³/mol. The second kappa shape index (κ2) is 11.1. The van der Waals surface area contributed by atoms with Crippen LogP contribution < -0.4 is 0 Å². The van der Waals surface area contributed by atoms with Crippen LogP contribution in [0.4, 0.5) is 0 Å². The van der Waals surface area contributed by atoms with Crippen LogP contribution in [0.25, 0.3) is 0 Å². The predicted octanol–water partition coefficient (Wildman–Crippen LogP) is 6.55. The van der Waals surface area contributed by atoms with E-state index in [1.54, 1.807) is 0 Å². The van der Waals surface area contributed by atoms with Crippen molar-refractivity contribution >= 4 is 0 Å². The Morgan fingerprint density at radius 1 is 0.706 bits per heavy atom. The molecule has 1 saturated carbocycles. The highest BCUT2D eigenvalue weighted by Gasteiger charge is 2.13. The van der Waals surface area contributed by atoms with Crippen molar-refractivity contribution in [2.75, 3.05) is 0 Å². The fraction of sp³-hybridized carbons (Fsp3) is 1.00. The molecule has 0 heterocycles. The summed E-state index contributed by atoms with van der Waals surface area (Å²) in [5.74, 6) is 3.81. The van der Waals surface area contributed by atoms with Crippen molar-refractivity contribution in [2.45, 2.75) is 87.5 Å². The minimum Gasteiger partial charge on any atom is -0.0776 e. The number of rotatable bonds is 3. The molecule has 0 heteroatoms. The molecule has 0 aromatic heterocycles. The Kier molecular flexibility index (Phi) is 12.6. The van der Waals surface area contributed by atoms with Gasteiger partial charge < -0.3 is 0 Å². The standard InChI is InChI=1S/C8H16.C8H18.CH4/c1-7-3-5-8(2)6-4-7;1-7(2)5-6-8(3)4;/h7-8H,3-6H2,1-2H3;7-8H,5-6H2,1-4H3;1H4. The van der Waals surface area contributed by atoms with Crippen LogP contribution in [0.3, 0.4) is 0 Å². The molecule has 0 aromatic rings. The maximum Gasteiger partial charge on any atom is -0.0443 e. The van der Waals surface area contributed by atoms with Crippen LogP contribution in [0, 0.1) is 23.7 Å². The molecule has 0 unspecified atom stereocenters. The van der Waals surface area contributed by atoms with Gasteiger partial charge in [-0.25, -0.2) is 0 Å². The molecule has 106 valence electrons. The second-order valence-electron chi connectivity index (χ2n) is 6.73. The number of hydrogen-bond donors (Lipinski definition) is 0. The third kappa shape index (κ3) is 13.9. The Morgan fingerprint density at radius 3 is 1.12 bits per heavy atom. The third-order valence-corrected chi connectivity index (χ3v) is 3.63. The van der Waals surface area contributed by atoms with Gasteiger partial charge in [0, 0.05) is 0 Å². The zero-order chi connectivity index (χ0) is 12.6. The SMILES string of the molecule is C.CC(C)CCC(C)C.CC1CCC(C)CC1. The summed E-state index contributed by atoms with van der Waals surface area (Å²) in [6.45, 7) is 13.9. The highest BCUT2D eigenvalue weighted by molar-refractivity contribution is 4.65. The first kappa shape index (κ1) is 19.3. The Morgan fingerprint density at radius 2 is 0.941 bits per heavy atom. The maximum absolute atomic E-state index is 2.37. The van der Waals surface area contributed by atoms with E-state index in [0.29, 0.717) is 0 Å². The molecule has 1 fully saturated rings. The molecule has 0 aliphatic heterocycles. The van der Waals surface area contributed by atoms with Crippen LogP contribution in [0.5, 0.6) is 0 Å². The zero-order valence-electron chi connectivity index (χ0n) is 12.6. The van der Waals surface area contributed by atoms with Crippen LogP contribution in [0.15, 0.2) is 0 Å². The molecule has 0 saturated heterocycles. The van der Waals surface area contributed by atoms with Crippen LogP contribution >= 0.6 is 0 Å². The summed E-state index contributed by atoms with van der Waals surface area (Å²) in [6.07, 6.45) is 8.67. The minimum atomic E-state index is 0. The molecule has 1 rings (SSSR count). The normalized spacial score (nSPS) is 24.0. The second-order valence-corrected chi connectivity index (χ2v) is 6.73. The summed E-state index contributed by atoms with van der Waals surface area (Å²) < 4.78 is 0. The summed E-state index contributed by atoms with van der Waals surface area (Å²) >= 11 is 0. The van der Waals surface area contributed by atoms with Gasteiger partial charge in [-0.1, -0.05) is 87.5 Å². The summed E-state index contributed by atoms with van der Waals surface area (Å²) in [5.41, 5.74) is 0. The van der Waals surface area contributed by atoms with Crippen molar-refractivity contribution in [3.8, 4) is 0 Å². The lowest BCUT2D eigenvalue weighted by atomic mass is 9.84. The Balaban J connectivity index is 0. The van der Waals surface area contributed by atoms with E-state index in [2.05, 4.69) is 41.5 Å². The molecule has 0 nitrogen and oxygen atoms in total. The Bertz CT molecular complexity index is 120. The molecular weight excluding hydrogens is 204 g/mol. The summed E-state index contributed by atoms with van der Waals surface area (Å²) in [6, 6.07) is 0. The molecule has 0 amide bonds. The lowest BCUT2D eigenvalue weighted by molar-refractivity contribution is 0.308. The van der Waals surface area contributed by atoms with Crippen molar-refractivity contribution < 1.29 is 0 Å². The van der Waals surface area contributed by atoms with Gasteiger partial charge >= 0.3 is 0 Å². The monoisotopic (exact) mass is 242 g/mol. The van der Waals surface area contributed by atoms with Gasteiger partial charge in [-0.3, -0.25) is 0 Å². The van der Waals surface area contributed by atoms with Gasteiger partial charge in [0.05, 0.1) is 0 Å². The highest BCUT2D eigenvalue weighted by atomic mass is 14.2. The zero-order valence-corrected chi connectivity index (χ0v) is 12.6. The smallest absolute Gasteiger partial charge is 0.0443 e. The minimum absolute atomic E-state index is 0. The first-order valence-corrected chi connectivity index (χ1v) is 7.41. The lowest BCUT2D eigenvalue weighted by Crippen LogP contribution is -2.08. The van der Waals surface area contributed by atoms with Crippen molar-refractivity contribution in [2.24, 2.45) is 23.7 Å². The van der Waals surface area contributed by atoms with E-state index in [1.807, 2.05) is 0 Å². The summed E-state index contributed by atoms with van der Waals surface area (Å²) in [7, 11) is 0. The van der Waals surface area contributed by atoms with E-state index >= 15 is 0 Å². The fourth-order valence-corrected chi connectivity index (χ4v) is 2.09. The number of hydrogen-bond acceptors (Lipinski definition) is 0. The van der Waals surface area contributed by atoms with Gasteiger partial charge in [-0.2, -0.15) is 0 Å². The molecular formula is C17H38. The average molecular weight is 242 g/mol. The Labute approximate surface area is 112 Å². The molecule has 0 atom stereocenters. The van der Waals surface area contributed by atoms with Crippen LogP contribution in [-0.2, 0) is 0 Å². The van der Waals surface area contributed by atoms with Crippen LogP contribution in [0.2, 0.25) is 0 Å². The van der Waals surface area contributed by atoms with E-state index in [4.69, 9.17) is 0 Å². The molecule has 0 aromatic carbocycles. The van der Waals surface area contributed by atoms with Crippen molar-refractivity contribution in [3.63, 3.8) is 0 Å². The highest BCUT2D eigenvalue weighted by Crippen LogP contribution is 2.27. The fourth-order valence-electron chi connectivity index (χ4n) is 2.09. The van der Waals surface area contributed by atoms with Gasteiger partial charge in [0.25, 0.3) is 0 Å². The van der Waals surface area contributed by atoms with Crippen molar-refractivity contribution in [3.05, 3.63) is 0 Å². The van der Waals surface area contributed by atoms with Gasteiger partial charge in [0.2, 0.25) is 0 Å². The third-order valence-electron chi connectivity index (χ3n) is 3.63. The van der Waals surface area contributed by atoms with Gasteiger partial charge in [-0.15, -0.1) is 0 Å². The van der Waals surface area contributed by atoms with Crippen LogP contribution in [-0.4, -0.2) is 0 Å². The molecule has 0 bridgehead atoms. The first-order chi connectivity index (χ1) is 7.41. The topological polar surface area (TPSA) is 0 Å². The van der Waals surface area contributed by atoms with E-state index < -0.39 is 0 Å². The van der Waals surface area contributed by atoms with Crippen molar-refractivity contribution in [1.29, 1.82) is 0 Å².